The van der Waals surface area contributed by atoms with Crippen LogP contribution in [-0.2, 0) is 4.79 Å². The minimum absolute atomic E-state index is 0.00126. The molecule has 1 unspecified atom stereocenters. The number of hydrogen-bond acceptors (Lipinski definition) is 6. The number of carbonyl (C=O) groups excluding carboxylic acids is 1. The second-order valence-corrected chi connectivity index (χ2v) is 6.23. The number of carbonyl (C=O) groups is 1. The van der Waals surface area contributed by atoms with Crippen molar-refractivity contribution in [1.82, 2.24) is 5.43 Å². The summed E-state index contributed by atoms with van der Waals surface area (Å²) >= 11 is 0. The van der Waals surface area contributed by atoms with E-state index in [-0.39, 0.29) is 23.3 Å². The Morgan fingerprint density at radius 2 is 1.96 bits per heavy atom. The van der Waals surface area contributed by atoms with Gasteiger partial charge in [0.25, 0.3) is 0 Å². The van der Waals surface area contributed by atoms with E-state index in [1.165, 1.54) is 12.1 Å². The van der Waals surface area contributed by atoms with Gasteiger partial charge < -0.3 is 10.2 Å². The molecule has 0 spiro atoms. The van der Waals surface area contributed by atoms with E-state index in [1.54, 1.807) is 13.0 Å². The number of phenolic OH excluding ortho intramolecular Hbond substituents is 2. The van der Waals surface area contributed by atoms with Gasteiger partial charge in [-0.15, -0.1) is 0 Å². The smallest absolute Gasteiger partial charge is 0.240 e. The Hall–Kier alpha value is -3.35. The van der Waals surface area contributed by atoms with Crippen LogP contribution in [0.4, 0.5) is 5.69 Å². The number of aromatic hydroxyl groups is 2. The van der Waals surface area contributed by atoms with Gasteiger partial charge in [0.05, 0.1) is 17.1 Å². The molecule has 1 heterocycles. The summed E-state index contributed by atoms with van der Waals surface area (Å²) in [4.78, 5) is 11.3. The number of amides is 1. The fourth-order valence-corrected chi connectivity index (χ4v) is 2.75. The van der Waals surface area contributed by atoms with Crippen LogP contribution in [0, 0.1) is 5.92 Å². The number of rotatable bonds is 4. The maximum absolute atomic E-state index is 11.3. The molecule has 0 saturated carbocycles. The van der Waals surface area contributed by atoms with Crippen LogP contribution in [0.5, 0.6) is 11.5 Å². The summed E-state index contributed by atoms with van der Waals surface area (Å²) in [6.45, 7) is 3.73. The fraction of sp³-hybridized carbons (Fsp3) is 0.211. The highest BCUT2D eigenvalue weighted by Gasteiger charge is 2.21. The lowest BCUT2D eigenvalue weighted by Crippen LogP contribution is -2.31. The van der Waals surface area contributed by atoms with Gasteiger partial charge in [0.2, 0.25) is 5.91 Å². The molecule has 0 radical (unpaired) electrons. The summed E-state index contributed by atoms with van der Waals surface area (Å²) in [5.41, 5.74) is 9.14. The minimum atomic E-state index is -0.0677. The van der Waals surface area contributed by atoms with Crippen molar-refractivity contribution in [3.05, 3.63) is 53.6 Å². The first-order chi connectivity index (χ1) is 12.4. The van der Waals surface area contributed by atoms with Crippen molar-refractivity contribution >= 4 is 23.0 Å². The van der Waals surface area contributed by atoms with Gasteiger partial charge in [-0.05, 0) is 36.8 Å². The van der Waals surface area contributed by atoms with Crippen LogP contribution in [0.25, 0.3) is 0 Å². The predicted octanol–water partition coefficient (Wildman–Crippen LogP) is 2.79. The molecule has 0 saturated heterocycles. The predicted molar refractivity (Wildman–Crippen MR) is 101 cm³/mol. The summed E-state index contributed by atoms with van der Waals surface area (Å²) < 4.78 is 0. The third-order valence-electron chi connectivity index (χ3n) is 4.16. The lowest BCUT2D eigenvalue weighted by atomic mass is 9.94. The second-order valence-electron chi connectivity index (χ2n) is 6.23. The molecule has 1 aliphatic heterocycles. The van der Waals surface area contributed by atoms with Crippen LogP contribution in [-0.4, -0.2) is 27.5 Å². The largest absolute Gasteiger partial charge is 0.508 e. The molecule has 3 rings (SSSR count). The number of phenols is 2. The summed E-state index contributed by atoms with van der Waals surface area (Å²) in [6.07, 6.45) is 0.429. The third kappa shape index (κ3) is 3.83. The fourth-order valence-electron chi connectivity index (χ4n) is 2.75. The molecule has 1 amide bonds. The van der Waals surface area contributed by atoms with Gasteiger partial charge in [0.1, 0.15) is 11.5 Å². The maximum atomic E-state index is 11.3. The van der Waals surface area contributed by atoms with Gasteiger partial charge in [-0.3, -0.25) is 10.2 Å². The normalized spacial score (nSPS) is 17.5. The Labute approximate surface area is 151 Å². The molecular weight excluding hydrogens is 332 g/mol. The first-order valence-corrected chi connectivity index (χ1v) is 8.23. The van der Waals surface area contributed by atoms with Crippen molar-refractivity contribution in [2.24, 2.45) is 16.1 Å². The van der Waals surface area contributed by atoms with E-state index in [0.29, 0.717) is 17.7 Å². The van der Waals surface area contributed by atoms with Crippen molar-refractivity contribution in [1.29, 1.82) is 0 Å². The average molecular weight is 352 g/mol. The Balaban J connectivity index is 1.72. The minimum Gasteiger partial charge on any atom is -0.508 e. The highest BCUT2D eigenvalue weighted by Crippen LogP contribution is 2.23. The number of nitrogens with zero attached hydrogens (tertiary/aromatic N) is 2. The summed E-state index contributed by atoms with van der Waals surface area (Å²) in [5.74, 6) is -0.0319. The number of hydrazone groups is 2. The van der Waals surface area contributed by atoms with Gasteiger partial charge in [0.15, 0.2) is 0 Å². The van der Waals surface area contributed by atoms with Gasteiger partial charge in [-0.25, -0.2) is 5.43 Å². The number of nitrogens with one attached hydrogen (secondary N) is 2. The zero-order chi connectivity index (χ0) is 18.7. The molecule has 2 aromatic rings. The molecule has 1 aliphatic rings. The van der Waals surface area contributed by atoms with Gasteiger partial charge in [-0.2, -0.15) is 10.2 Å². The van der Waals surface area contributed by atoms with Crippen molar-refractivity contribution in [3.8, 4) is 11.5 Å². The molecule has 2 aromatic carbocycles. The summed E-state index contributed by atoms with van der Waals surface area (Å²) in [7, 11) is 0. The molecule has 0 aliphatic carbocycles. The van der Waals surface area contributed by atoms with E-state index in [1.807, 2.05) is 31.2 Å². The zero-order valence-corrected chi connectivity index (χ0v) is 14.5. The summed E-state index contributed by atoms with van der Waals surface area (Å²) in [5, 5.41) is 27.6. The van der Waals surface area contributed by atoms with Crippen LogP contribution in [0.1, 0.15) is 31.4 Å². The van der Waals surface area contributed by atoms with E-state index in [4.69, 9.17) is 0 Å². The van der Waals surface area contributed by atoms with E-state index < -0.39 is 0 Å². The molecule has 7 nitrogen and oxygen atoms in total. The number of anilines is 1. The number of hydrogen-bond donors (Lipinski definition) is 4. The molecule has 26 heavy (non-hydrogen) atoms. The molecule has 1 atom stereocenters. The quantitative estimate of drug-likeness (QED) is 0.501. The number of benzene rings is 2. The van der Waals surface area contributed by atoms with Crippen LogP contribution < -0.4 is 10.9 Å². The zero-order valence-electron chi connectivity index (χ0n) is 14.5. The van der Waals surface area contributed by atoms with Crippen LogP contribution in [0.15, 0.2) is 52.7 Å². The molecular formula is C19H20N4O3. The Morgan fingerprint density at radius 3 is 2.62 bits per heavy atom. The Morgan fingerprint density at radius 1 is 1.23 bits per heavy atom. The van der Waals surface area contributed by atoms with Crippen LogP contribution in [0.2, 0.25) is 0 Å². The van der Waals surface area contributed by atoms with Gasteiger partial charge in [-0.1, -0.05) is 19.1 Å². The molecule has 0 aromatic heterocycles. The monoisotopic (exact) mass is 352 g/mol. The standard InChI is InChI=1S/C19H20N4O3/c1-11-9-18(26)22-23-19(11)13-3-5-14(6-4-13)21-20-12(2)16-8-7-15(24)10-17(16)25/h3-8,10-11,21,24-25H,9H2,1-2H3,(H,22,26)/b20-12+. The van der Waals surface area contributed by atoms with Crippen molar-refractivity contribution in [2.75, 3.05) is 5.43 Å². The lowest BCUT2D eigenvalue weighted by molar-refractivity contribution is -0.121. The van der Waals surface area contributed by atoms with E-state index in [0.717, 1.165) is 17.0 Å². The maximum Gasteiger partial charge on any atom is 0.240 e. The highest BCUT2D eigenvalue weighted by molar-refractivity contribution is 6.06. The molecule has 0 fully saturated rings. The topological polar surface area (TPSA) is 106 Å². The van der Waals surface area contributed by atoms with E-state index in [2.05, 4.69) is 21.1 Å². The first-order valence-electron chi connectivity index (χ1n) is 8.23. The highest BCUT2D eigenvalue weighted by atomic mass is 16.3. The summed E-state index contributed by atoms with van der Waals surface area (Å²) in [6, 6.07) is 11.9. The first kappa shape index (κ1) is 17.5. The molecule has 134 valence electrons. The SMILES string of the molecule is C/C(=N\Nc1ccc(C2=NNC(=O)CC2C)cc1)c1ccc(O)cc1O. The van der Waals surface area contributed by atoms with E-state index in [9.17, 15) is 15.0 Å². The van der Waals surface area contributed by atoms with Crippen LogP contribution >= 0.6 is 0 Å². The van der Waals surface area contributed by atoms with Crippen molar-refractivity contribution < 1.29 is 15.0 Å². The third-order valence-corrected chi connectivity index (χ3v) is 4.16. The van der Waals surface area contributed by atoms with E-state index >= 15 is 0 Å². The van der Waals surface area contributed by atoms with Gasteiger partial charge in [0, 0.05) is 24.0 Å². The lowest BCUT2D eigenvalue weighted by Gasteiger charge is -2.19. The second kappa shape index (κ2) is 7.26. The molecule has 4 N–H and O–H groups in total. The molecule has 0 bridgehead atoms. The van der Waals surface area contributed by atoms with Crippen LogP contribution in [0.3, 0.4) is 0 Å². The Kier molecular flexibility index (Phi) is 4.88. The van der Waals surface area contributed by atoms with Gasteiger partial charge >= 0.3 is 0 Å². The van der Waals surface area contributed by atoms with Crippen molar-refractivity contribution in [2.45, 2.75) is 20.3 Å². The average Bonchev–Trinajstić information content (AvgIpc) is 2.60. The van der Waals surface area contributed by atoms with Crippen molar-refractivity contribution in [3.63, 3.8) is 0 Å². The molecule has 7 heteroatoms. The Bertz CT molecular complexity index is 888.